The van der Waals surface area contributed by atoms with Gasteiger partial charge in [0.1, 0.15) is 5.69 Å². The molecular weight excluding hydrogens is 818 g/mol. The maximum atomic E-state index is 5.49. The van der Waals surface area contributed by atoms with Gasteiger partial charge in [-0.3, -0.25) is 9.67 Å². The molecule has 0 atom stereocenters. The van der Waals surface area contributed by atoms with Gasteiger partial charge in [0.2, 0.25) is 0 Å². The fraction of sp³-hybridized carbons (Fsp3) is 0.0870. The molecule has 0 unspecified atom stereocenters. The second kappa shape index (κ2) is 13.4. The van der Waals surface area contributed by atoms with Crippen LogP contribution < -0.4 is 0 Å². The Morgan fingerprint density at radius 1 is 0.615 bits per heavy atom. The molecule has 0 radical (unpaired) electrons. The van der Waals surface area contributed by atoms with Crippen molar-refractivity contribution in [3.63, 3.8) is 0 Å². The molecule has 0 aliphatic carbocycles. The standard InChI is InChI=1S/C46H35N5.Pt/c1-30-26-31(2)42(32(3)27-30)43-44(33-14-7-5-8-15-33)48-51(45(43)34-16-9-6-10-17-34)37-22-23-39-38-20-11-12-21-40(38)50(41(39)29-37)36-19-13-18-35(28-36)46-47-24-25-49(46)4;/h5-27H,1-4H3;/q-2;+2. The van der Waals surface area contributed by atoms with E-state index in [2.05, 4.69) is 175 Å². The van der Waals surface area contributed by atoms with E-state index in [1.807, 2.05) is 24.0 Å². The van der Waals surface area contributed by atoms with Crippen LogP contribution in [0, 0.1) is 32.9 Å². The molecule has 0 saturated heterocycles. The van der Waals surface area contributed by atoms with Crippen LogP contribution in [0.1, 0.15) is 16.7 Å². The molecule has 0 spiro atoms. The smallest absolute Gasteiger partial charge is 0.373 e. The van der Waals surface area contributed by atoms with E-state index in [1.165, 1.54) is 22.3 Å². The third-order valence-corrected chi connectivity index (χ3v) is 9.79. The first-order valence-corrected chi connectivity index (χ1v) is 17.2. The molecule has 52 heavy (non-hydrogen) atoms. The molecule has 0 saturated carbocycles. The van der Waals surface area contributed by atoms with Gasteiger partial charge in [0.25, 0.3) is 0 Å². The molecule has 254 valence electrons. The number of aryl methyl sites for hydroxylation is 4. The zero-order valence-electron chi connectivity index (χ0n) is 29.3. The largest absolute Gasteiger partial charge is 2.00 e. The van der Waals surface area contributed by atoms with Gasteiger partial charge >= 0.3 is 21.1 Å². The van der Waals surface area contributed by atoms with Crippen molar-refractivity contribution in [3.05, 3.63) is 169 Å². The van der Waals surface area contributed by atoms with E-state index in [0.29, 0.717) is 0 Å². The minimum absolute atomic E-state index is 0. The van der Waals surface area contributed by atoms with Crippen LogP contribution in [-0.4, -0.2) is 23.9 Å². The molecule has 0 aliphatic rings. The molecule has 0 fully saturated rings. The number of hydrogen-bond donors (Lipinski definition) is 0. The predicted octanol–water partition coefficient (Wildman–Crippen LogP) is 10.9. The molecule has 9 rings (SSSR count). The monoisotopic (exact) mass is 852 g/mol. The second-order valence-corrected chi connectivity index (χ2v) is 13.3. The van der Waals surface area contributed by atoms with E-state index >= 15 is 0 Å². The fourth-order valence-electron chi connectivity index (χ4n) is 7.66. The molecule has 3 heterocycles. The Bertz CT molecular complexity index is 2710. The molecule has 0 bridgehead atoms. The van der Waals surface area contributed by atoms with Crippen molar-refractivity contribution < 1.29 is 21.1 Å². The number of hydrogen-bond acceptors (Lipinski definition) is 2. The first-order valence-electron chi connectivity index (χ1n) is 17.2. The van der Waals surface area contributed by atoms with Crippen LogP contribution in [0.5, 0.6) is 0 Å². The molecule has 5 nitrogen and oxygen atoms in total. The summed E-state index contributed by atoms with van der Waals surface area (Å²) in [4.78, 5) is 4.61. The van der Waals surface area contributed by atoms with Crippen molar-refractivity contribution in [1.82, 2.24) is 23.9 Å². The van der Waals surface area contributed by atoms with E-state index in [4.69, 9.17) is 5.10 Å². The number of para-hydroxylation sites is 1. The number of benzene rings is 6. The molecule has 3 aromatic heterocycles. The van der Waals surface area contributed by atoms with Gasteiger partial charge in [-0.15, -0.1) is 47.3 Å². The Labute approximate surface area is 318 Å². The maximum Gasteiger partial charge on any atom is 2.00 e. The van der Waals surface area contributed by atoms with Gasteiger partial charge in [-0.1, -0.05) is 102 Å². The number of rotatable bonds is 6. The van der Waals surface area contributed by atoms with Crippen LogP contribution in [0.25, 0.3) is 78.2 Å². The Morgan fingerprint density at radius 2 is 1.31 bits per heavy atom. The first-order chi connectivity index (χ1) is 25.0. The Balaban J connectivity index is 0.00000387. The van der Waals surface area contributed by atoms with E-state index in [9.17, 15) is 0 Å². The number of fused-ring (bicyclic) bond motifs is 3. The van der Waals surface area contributed by atoms with Crippen LogP contribution in [-0.2, 0) is 28.1 Å². The predicted molar refractivity (Wildman–Crippen MR) is 208 cm³/mol. The van der Waals surface area contributed by atoms with Crippen molar-refractivity contribution in [2.45, 2.75) is 20.8 Å². The van der Waals surface area contributed by atoms with Gasteiger partial charge in [-0.05, 0) is 60.3 Å². The molecular formula is C46H35N5Pt. The summed E-state index contributed by atoms with van der Waals surface area (Å²) in [5.74, 6) is 0.869. The van der Waals surface area contributed by atoms with Gasteiger partial charge in [-0.25, -0.2) is 0 Å². The van der Waals surface area contributed by atoms with E-state index in [-0.39, 0.29) is 21.1 Å². The zero-order valence-corrected chi connectivity index (χ0v) is 31.6. The van der Waals surface area contributed by atoms with Crippen molar-refractivity contribution in [3.8, 4) is 56.4 Å². The van der Waals surface area contributed by atoms with E-state index in [0.717, 1.165) is 72.6 Å². The summed E-state index contributed by atoms with van der Waals surface area (Å²) in [7, 11) is 2.01. The minimum atomic E-state index is 0. The van der Waals surface area contributed by atoms with Crippen molar-refractivity contribution in [2.75, 3.05) is 0 Å². The van der Waals surface area contributed by atoms with Gasteiger partial charge in [0.15, 0.2) is 0 Å². The van der Waals surface area contributed by atoms with Gasteiger partial charge in [-0.2, -0.15) is 11.2 Å². The van der Waals surface area contributed by atoms with E-state index in [1.54, 1.807) is 0 Å². The second-order valence-electron chi connectivity index (χ2n) is 13.3. The average Bonchev–Trinajstić information content (AvgIpc) is 3.85. The van der Waals surface area contributed by atoms with Crippen molar-refractivity contribution in [1.29, 1.82) is 0 Å². The van der Waals surface area contributed by atoms with Crippen LogP contribution in [0.2, 0.25) is 0 Å². The number of aromatic nitrogens is 5. The summed E-state index contributed by atoms with van der Waals surface area (Å²) >= 11 is 0. The quantitative estimate of drug-likeness (QED) is 0.156. The molecule has 6 heteroatoms. The minimum Gasteiger partial charge on any atom is -0.373 e. The van der Waals surface area contributed by atoms with Crippen molar-refractivity contribution in [2.24, 2.45) is 7.05 Å². The Kier molecular flexibility index (Phi) is 8.61. The summed E-state index contributed by atoms with van der Waals surface area (Å²) in [5.41, 5.74) is 14.9. The molecule has 0 aliphatic heterocycles. The maximum absolute atomic E-state index is 5.49. The summed E-state index contributed by atoms with van der Waals surface area (Å²) in [5, 5.41) is 7.76. The first kappa shape index (κ1) is 33.4. The summed E-state index contributed by atoms with van der Waals surface area (Å²) in [6.45, 7) is 6.58. The van der Waals surface area contributed by atoms with Crippen LogP contribution >= 0.6 is 0 Å². The van der Waals surface area contributed by atoms with Crippen LogP contribution in [0.15, 0.2) is 140 Å². The number of nitrogens with zero attached hydrogens (tertiary/aromatic N) is 5. The number of imidazole rings is 1. The molecule has 0 N–H and O–H groups in total. The van der Waals surface area contributed by atoms with E-state index < -0.39 is 0 Å². The SMILES string of the molecule is Cc1cc(C)c(-c2c(-c3ccccc3)nn(-c3[c-]c4c(cc3)c3ccccc3n4-c3[c-]c(-c4nccn4C)ccc3)c2-c2ccccc2)c(C)c1.[Pt+2]. The topological polar surface area (TPSA) is 40.6 Å². The summed E-state index contributed by atoms with van der Waals surface area (Å²) in [6, 6.07) is 52.4. The summed E-state index contributed by atoms with van der Waals surface area (Å²) < 4.78 is 6.38. The normalized spacial score (nSPS) is 11.3. The molecule has 6 aromatic carbocycles. The van der Waals surface area contributed by atoms with Crippen LogP contribution in [0.3, 0.4) is 0 Å². The van der Waals surface area contributed by atoms with Crippen molar-refractivity contribution >= 4 is 21.8 Å². The Morgan fingerprint density at radius 3 is 2.02 bits per heavy atom. The van der Waals surface area contributed by atoms with Gasteiger partial charge in [0.05, 0.1) is 11.5 Å². The fourth-order valence-corrected chi connectivity index (χ4v) is 7.66. The van der Waals surface area contributed by atoms with Gasteiger partial charge in [0, 0.05) is 41.6 Å². The average molecular weight is 853 g/mol. The Hall–Kier alpha value is -5.77. The summed E-state index contributed by atoms with van der Waals surface area (Å²) in [6.07, 6.45) is 3.78. The zero-order chi connectivity index (χ0) is 34.6. The van der Waals surface area contributed by atoms with Gasteiger partial charge < -0.3 is 9.13 Å². The third-order valence-electron chi connectivity index (χ3n) is 9.79. The third kappa shape index (κ3) is 5.53. The molecule has 9 aromatic rings. The molecule has 0 amide bonds. The van der Waals surface area contributed by atoms with Crippen LogP contribution in [0.4, 0.5) is 0 Å².